The van der Waals surface area contributed by atoms with Crippen LogP contribution in [0.4, 0.5) is 0 Å². The molecule has 2 aromatic carbocycles. The molecule has 1 aliphatic heterocycles. The zero-order valence-electron chi connectivity index (χ0n) is 10.9. The molecule has 1 aliphatic rings. The van der Waals surface area contributed by atoms with E-state index in [1.165, 1.54) is 11.1 Å². The van der Waals surface area contributed by atoms with Crippen molar-refractivity contribution in [3.05, 3.63) is 60.2 Å². The molecule has 0 bridgehead atoms. The van der Waals surface area contributed by atoms with Gasteiger partial charge in [-0.05, 0) is 23.1 Å². The summed E-state index contributed by atoms with van der Waals surface area (Å²) >= 11 is 0. The Balaban J connectivity index is 1.70. The molecule has 0 saturated carbocycles. The van der Waals surface area contributed by atoms with Crippen molar-refractivity contribution >= 4 is 5.91 Å². The third kappa shape index (κ3) is 2.68. The standard InChI is InChI=1S/C17H17NO/c19-17(18-11-4-12-18)13-14-7-9-16(10-8-14)15-5-2-1-3-6-15/h1-3,5-10H,4,11-13H2. The van der Waals surface area contributed by atoms with Gasteiger partial charge in [-0.2, -0.15) is 0 Å². The van der Waals surface area contributed by atoms with E-state index < -0.39 is 0 Å². The summed E-state index contributed by atoms with van der Waals surface area (Å²) < 4.78 is 0. The summed E-state index contributed by atoms with van der Waals surface area (Å²) in [6.07, 6.45) is 1.67. The lowest BCUT2D eigenvalue weighted by atomic mass is 10.0. The van der Waals surface area contributed by atoms with Crippen molar-refractivity contribution in [2.45, 2.75) is 12.8 Å². The minimum absolute atomic E-state index is 0.249. The molecule has 1 amide bonds. The van der Waals surface area contributed by atoms with Crippen LogP contribution in [0.1, 0.15) is 12.0 Å². The second-order valence-electron chi connectivity index (χ2n) is 4.97. The molecule has 0 aliphatic carbocycles. The topological polar surface area (TPSA) is 20.3 Å². The van der Waals surface area contributed by atoms with E-state index in [4.69, 9.17) is 0 Å². The highest BCUT2D eigenvalue weighted by Crippen LogP contribution is 2.20. The normalized spacial score (nSPS) is 14.0. The minimum atomic E-state index is 0.249. The maximum atomic E-state index is 11.9. The van der Waals surface area contributed by atoms with Crippen LogP contribution < -0.4 is 0 Å². The number of carbonyl (C=O) groups is 1. The van der Waals surface area contributed by atoms with E-state index in [0.717, 1.165) is 25.1 Å². The van der Waals surface area contributed by atoms with E-state index in [1.54, 1.807) is 0 Å². The lowest BCUT2D eigenvalue weighted by Gasteiger charge is -2.30. The molecule has 1 saturated heterocycles. The predicted octanol–water partition coefficient (Wildman–Crippen LogP) is 3.13. The van der Waals surface area contributed by atoms with E-state index in [9.17, 15) is 4.79 Å². The van der Waals surface area contributed by atoms with Crippen molar-refractivity contribution < 1.29 is 4.79 Å². The summed E-state index contributed by atoms with van der Waals surface area (Å²) in [6.45, 7) is 1.86. The first-order valence-electron chi connectivity index (χ1n) is 6.75. The number of hydrogen-bond donors (Lipinski definition) is 0. The first-order valence-corrected chi connectivity index (χ1v) is 6.75. The average molecular weight is 251 g/mol. The molecule has 2 heteroatoms. The van der Waals surface area contributed by atoms with Crippen molar-refractivity contribution in [2.24, 2.45) is 0 Å². The van der Waals surface area contributed by atoms with Gasteiger partial charge in [0, 0.05) is 13.1 Å². The lowest BCUT2D eigenvalue weighted by Crippen LogP contribution is -2.42. The van der Waals surface area contributed by atoms with Gasteiger partial charge in [-0.1, -0.05) is 54.6 Å². The number of amides is 1. The van der Waals surface area contributed by atoms with Crippen LogP contribution >= 0.6 is 0 Å². The van der Waals surface area contributed by atoms with Crippen molar-refractivity contribution in [3.63, 3.8) is 0 Å². The highest BCUT2D eigenvalue weighted by molar-refractivity contribution is 5.79. The molecule has 0 radical (unpaired) electrons. The Labute approximate surface area is 113 Å². The van der Waals surface area contributed by atoms with Gasteiger partial charge < -0.3 is 4.90 Å². The molecule has 1 heterocycles. The van der Waals surface area contributed by atoms with Gasteiger partial charge in [0.2, 0.25) is 5.91 Å². The molecule has 1 fully saturated rings. The molecule has 0 spiro atoms. The summed E-state index contributed by atoms with van der Waals surface area (Å²) in [6, 6.07) is 18.6. The maximum absolute atomic E-state index is 11.9. The zero-order chi connectivity index (χ0) is 13.1. The van der Waals surface area contributed by atoms with Gasteiger partial charge in [-0.15, -0.1) is 0 Å². The second kappa shape index (κ2) is 5.27. The molecule has 19 heavy (non-hydrogen) atoms. The molecular weight excluding hydrogens is 234 g/mol. The van der Waals surface area contributed by atoms with Crippen molar-refractivity contribution in [3.8, 4) is 11.1 Å². The molecule has 0 atom stereocenters. The fourth-order valence-electron chi connectivity index (χ4n) is 2.30. The fraction of sp³-hybridized carbons (Fsp3) is 0.235. The summed E-state index contributed by atoms with van der Waals surface area (Å²) in [5.74, 6) is 0.249. The monoisotopic (exact) mass is 251 g/mol. The Bertz CT molecular complexity index is 556. The van der Waals surface area contributed by atoms with Crippen LogP contribution in [-0.4, -0.2) is 23.9 Å². The smallest absolute Gasteiger partial charge is 0.226 e. The van der Waals surface area contributed by atoms with Crippen LogP contribution in [0.25, 0.3) is 11.1 Å². The summed E-state index contributed by atoms with van der Waals surface area (Å²) in [5, 5.41) is 0. The quantitative estimate of drug-likeness (QED) is 0.820. The van der Waals surface area contributed by atoms with Crippen LogP contribution in [0, 0.1) is 0 Å². The van der Waals surface area contributed by atoms with E-state index in [0.29, 0.717) is 6.42 Å². The Kier molecular flexibility index (Phi) is 3.32. The number of hydrogen-bond acceptors (Lipinski definition) is 1. The molecule has 0 aromatic heterocycles. The first-order chi connectivity index (χ1) is 9.33. The molecule has 2 nitrogen and oxygen atoms in total. The number of benzene rings is 2. The highest BCUT2D eigenvalue weighted by Gasteiger charge is 2.19. The van der Waals surface area contributed by atoms with Crippen LogP contribution in [0.3, 0.4) is 0 Å². The Morgan fingerprint density at radius 1 is 0.895 bits per heavy atom. The molecular formula is C17H17NO. The predicted molar refractivity (Wildman–Crippen MR) is 76.8 cm³/mol. The Morgan fingerprint density at radius 3 is 2.11 bits per heavy atom. The van der Waals surface area contributed by atoms with E-state index >= 15 is 0 Å². The molecule has 2 aromatic rings. The fourth-order valence-corrected chi connectivity index (χ4v) is 2.30. The molecule has 3 rings (SSSR count). The van der Waals surface area contributed by atoms with Crippen molar-refractivity contribution in [1.82, 2.24) is 4.90 Å². The van der Waals surface area contributed by atoms with E-state index in [-0.39, 0.29) is 5.91 Å². The van der Waals surface area contributed by atoms with Gasteiger partial charge in [0.25, 0.3) is 0 Å². The van der Waals surface area contributed by atoms with Crippen LogP contribution in [0.2, 0.25) is 0 Å². The highest BCUT2D eigenvalue weighted by atomic mass is 16.2. The lowest BCUT2D eigenvalue weighted by molar-refractivity contribution is -0.133. The Morgan fingerprint density at radius 2 is 1.53 bits per heavy atom. The second-order valence-corrected chi connectivity index (χ2v) is 4.97. The van der Waals surface area contributed by atoms with Gasteiger partial charge in [0.05, 0.1) is 6.42 Å². The third-order valence-electron chi connectivity index (χ3n) is 3.63. The zero-order valence-corrected chi connectivity index (χ0v) is 10.9. The number of nitrogens with zero attached hydrogens (tertiary/aromatic N) is 1. The van der Waals surface area contributed by atoms with E-state index in [1.807, 2.05) is 23.1 Å². The summed E-state index contributed by atoms with van der Waals surface area (Å²) in [7, 11) is 0. The van der Waals surface area contributed by atoms with Gasteiger partial charge in [0.15, 0.2) is 0 Å². The molecule has 0 unspecified atom stereocenters. The van der Waals surface area contributed by atoms with Crippen LogP contribution in [0.15, 0.2) is 54.6 Å². The van der Waals surface area contributed by atoms with Gasteiger partial charge >= 0.3 is 0 Å². The van der Waals surface area contributed by atoms with Crippen LogP contribution in [0.5, 0.6) is 0 Å². The molecule has 0 N–H and O–H groups in total. The van der Waals surface area contributed by atoms with Gasteiger partial charge in [0.1, 0.15) is 0 Å². The van der Waals surface area contributed by atoms with Gasteiger partial charge in [-0.25, -0.2) is 0 Å². The average Bonchev–Trinajstić information content (AvgIpc) is 2.38. The molecule has 96 valence electrons. The SMILES string of the molecule is O=C(Cc1ccc(-c2ccccc2)cc1)N1CCC1. The maximum Gasteiger partial charge on any atom is 0.226 e. The number of likely N-dealkylation sites (tertiary alicyclic amines) is 1. The summed E-state index contributed by atoms with van der Waals surface area (Å²) in [4.78, 5) is 13.8. The first kappa shape index (κ1) is 12.0. The largest absolute Gasteiger partial charge is 0.342 e. The number of rotatable bonds is 3. The van der Waals surface area contributed by atoms with Crippen LogP contribution in [-0.2, 0) is 11.2 Å². The minimum Gasteiger partial charge on any atom is -0.342 e. The third-order valence-corrected chi connectivity index (χ3v) is 3.63. The summed E-state index contributed by atoms with van der Waals surface area (Å²) in [5.41, 5.74) is 3.50. The van der Waals surface area contributed by atoms with E-state index in [2.05, 4.69) is 36.4 Å². The van der Waals surface area contributed by atoms with Gasteiger partial charge in [-0.3, -0.25) is 4.79 Å². The van der Waals surface area contributed by atoms with Crippen molar-refractivity contribution in [1.29, 1.82) is 0 Å². The van der Waals surface area contributed by atoms with Crippen molar-refractivity contribution in [2.75, 3.05) is 13.1 Å². The number of carbonyl (C=O) groups excluding carboxylic acids is 1. The Hall–Kier alpha value is -2.09.